The molecule has 0 radical (unpaired) electrons. The first-order valence-corrected chi connectivity index (χ1v) is 10.3. The summed E-state index contributed by atoms with van der Waals surface area (Å²) < 4.78 is 32.5. The van der Waals surface area contributed by atoms with Gasteiger partial charge in [0.2, 0.25) is 5.91 Å². The Morgan fingerprint density at radius 3 is 2.60 bits per heavy atom. The maximum atomic E-state index is 13.9. The number of piperidine rings is 1. The number of benzene rings is 1. The Balaban J connectivity index is 1.48. The number of furan rings is 1. The van der Waals surface area contributed by atoms with E-state index in [0.717, 1.165) is 48.1 Å². The van der Waals surface area contributed by atoms with Crippen LogP contribution in [0.2, 0.25) is 0 Å². The molecule has 2 aromatic rings. The minimum Gasteiger partial charge on any atom is -0.457 e. The summed E-state index contributed by atoms with van der Waals surface area (Å²) in [6.07, 6.45) is 4.29. The highest BCUT2D eigenvalue weighted by Gasteiger charge is 2.37. The van der Waals surface area contributed by atoms with Crippen LogP contribution < -0.4 is 0 Å². The third-order valence-corrected chi connectivity index (χ3v) is 5.88. The first-order valence-electron chi connectivity index (χ1n) is 9.51. The molecule has 0 spiro atoms. The summed E-state index contributed by atoms with van der Waals surface area (Å²) in [6.45, 7) is 0.992. The number of carbonyl (C=O) groups is 3. The maximum Gasteiger partial charge on any atom is 0.294 e. The van der Waals surface area contributed by atoms with Crippen LogP contribution in [0.15, 0.2) is 39.7 Å². The lowest BCUT2D eigenvalue weighted by Crippen LogP contribution is -2.44. The van der Waals surface area contributed by atoms with E-state index in [4.69, 9.17) is 4.42 Å². The van der Waals surface area contributed by atoms with Crippen molar-refractivity contribution < 1.29 is 27.6 Å². The molecule has 1 aromatic carbocycles. The Kier molecular flexibility index (Phi) is 5.72. The molecular weight excluding hydrogens is 414 g/mol. The lowest BCUT2D eigenvalue weighted by atomic mass is 10.1. The number of hydrogen-bond acceptors (Lipinski definition) is 5. The van der Waals surface area contributed by atoms with Gasteiger partial charge in [-0.2, -0.15) is 0 Å². The lowest BCUT2D eigenvalue weighted by Gasteiger charge is -2.27. The van der Waals surface area contributed by atoms with Gasteiger partial charge in [0.25, 0.3) is 11.1 Å². The van der Waals surface area contributed by atoms with Crippen molar-refractivity contribution in [1.82, 2.24) is 9.80 Å². The van der Waals surface area contributed by atoms with Crippen LogP contribution in [0.25, 0.3) is 17.4 Å². The van der Waals surface area contributed by atoms with Crippen LogP contribution in [-0.2, 0) is 9.59 Å². The Morgan fingerprint density at radius 1 is 1.10 bits per heavy atom. The van der Waals surface area contributed by atoms with Crippen LogP contribution in [0, 0.1) is 11.6 Å². The third-order valence-electron chi connectivity index (χ3n) is 4.97. The highest BCUT2D eigenvalue weighted by Crippen LogP contribution is 2.34. The molecule has 2 saturated heterocycles. The van der Waals surface area contributed by atoms with Crippen molar-refractivity contribution in [2.24, 2.45) is 0 Å². The van der Waals surface area contributed by atoms with Crippen molar-refractivity contribution in [3.05, 3.63) is 52.6 Å². The second kappa shape index (κ2) is 8.43. The Bertz CT molecular complexity index is 1040. The Hall–Kier alpha value is -2.94. The van der Waals surface area contributed by atoms with E-state index < -0.39 is 22.8 Å². The fraction of sp³-hybridized carbons (Fsp3) is 0.286. The first-order chi connectivity index (χ1) is 14.4. The van der Waals surface area contributed by atoms with E-state index in [9.17, 15) is 23.2 Å². The number of rotatable bonds is 4. The number of carbonyl (C=O) groups excluding carboxylic acids is 3. The topological polar surface area (TPSA) is 70.8 Å². The van der Waals surface area contributed by atoms with Crippen LogP contribution in [0.4, 0.5) is 13.6 Å². The molecule has 0 bridgehead atoms. The van der Waals surface area contributed by atoms with Gasteiger partial charge in [-0.25, -0.2) is 8.78 Å². The predicted molar refractivity (Wildman–Crippen MR) is 107 cm³/mol. The summed E-state index contributed by atoms with van der Waals surface area (Å²) in [4.78, 5) is 40.0. The fourth-order valence-electron chi connectivity index (χ4n) is 3.41. The SMILES string of the molecule is O=C(CN1C(=O)SC(=Cc2ccc(-c3ccc(F)cc3F)o2)C1=O)N1CCCCC1. The molecule has 0 unspecified atom stereocenters. The molecule has 9 heteroatoms. The molecular formula is C21H18F2N2O4S. The quantitative estimate of drug-likeness (QED) is 0.675. The van der Waals surface area contributed by atoms with Crippen molar-refractivity contribution in [1.29, 1.82) is 0 Å². The molecule has 3 heterocycles. The van der Waals surface area contributed by atoms with E-state index in [1.54, 1.807) is 4.90 Å². The van der Waals surface area contributed by atoms with Crippen molar-refractivity contribution in [2.75, 3.05) is 19.6 Å². The van der Waals surface area contributed by atoms with Gasteiger partial charge in [0.1, 0.15) is 29.7 Å². The van der Waals surface area contributed by atoms with Gasteiger partial charge in [-0.05, 0) is 55.3 Å². The van der Waals surface area contributed by atoms with Crippen LogP contribution in [0.3, 0.4) is 0 Å². The molecule has 4 rings (SSSR count). The second-order valence-electron chi connectivity index (χ2n) is 7.04. The van der Waals surface area contributed by atoms with Gasteiger partial charge in [-0.3, -0.25) is 19.3 Å². The van der Waals surface area contributed by atoms with Gasteiger partial charge in [0, 0.05) is 25.2 Å². The largest absolute Gasteiger partial charge is 0.457 e. The van der Waals surface area contributed by atoms with E-state index in [2.05, 4.69) is 0 Å². The first kappa shape index (κ1) is 20.3. The van der Waals surface area contributed by atoms with E-state index in [1.165, 1.54) is 24.3 Å². The summed E-state index contributed by atoms with van der Waals surface area (Å²) >= 11 is 0.720. The zero-order chi connectivity index (χ0) is 21.3. The van der Waals surface area contributed by atoms with Gasteiger partial charge in [-0.15, -0.1) is 0 Å². The molecule has 0 aliphatic carbocycles. The number of nitrogens with zero attached hydrogens (tertiary/aromatic N) is 2. The van der Waals surface area contributed by atoms with E-state index in [-0.39, 0.29) is 34.4 Å². The average molecular weight is 432 g/mol. The van der Waals surface area contributed by atoms with Crippen LogP contribution >= 0.6 is 11.8 Å². The summed E-state index contributed by atoms with van der Waals surface area (Å²) in [5, 5.41) is -0.520. The van der Waals surface area contributed by atoms with Crippen LogP contribution in [-0.4, -0.2) is 46.5 Å². The van der Waals surface area contributed by atoms with Gasteiger partial charge < -0.3 is 9.32 Å². The van der Waals surface area contributed by atoms with Gasteiger partial charge >= 0.3 is 0 Å². The molecule has 2 aliphatic heterocycles. The molecule has 0 atom stereocenters. The summed E-state index contributed by atoms with van der Waals surface area (Å²) in [7, 11) is 0. The van der Waals surface area contributed by atoms with Crippen molar-refractivity contribution in [3.63, 3.8) is 0 Å². The number of thioether (sulfide) groups is 1. The maximum absolute atomic E-state index is 13.9. The molecule has 30 heavy (non-hydrogen) atoms. The third kappa shape index (κ3) is 4.16. The van der Waals surface area contributed by atoms with Crippen molar-refractivity contribution in [2.45, 2.75) is 19.3 Å². The number of amides is 3. The average Bonchev–Trinajstić information content (AvgIpc) is 3.29. The second-order valence-corrected chi connectivity index (χ2v) is 8.03. The van der Waals surface area contributed by atoms with Crippen molar-refractivity contribution >= 4 is 34.9 Å². The zero-order valence-corrected chi connectivity index (χ0v) is 16.7. The fourth-order valence-corrected chi connectivity index (χ4v) is 4.23. The minimum atomic E-state index is -0.771. The summed E-state index contributed by atoms with van der Waals surface area (Å²) in [5.41, 5.74) is 0.0799. The monoisotopic (exact) mass is 432 g/mol. The number of hydrogen-bond donors (Lipinski definition) is 0. The van der Waals surface area contributed by atoms with Gasteiger partial charge in [-0.1, -0.05) is 0 Å². The van der Waals surface area contributed by atoms with E-state index in [1.807, 2.05) is 0 Å². The molecule has 0 N–H and O–H groups in total. The van der Waals surface area contributed by atoms with Crippen LogP contribution in [0.1, 0.15) is 25.0 Å². The number of halogens is 2. The normalized spacial score (nSPS) is 18.5. The smallest absolute Gasteiger partial charge is 0.294 e. The van der Waals surface area contributed by atoms with Crippen molar-refractivity contribution in [3.8, 4) is 11.3 Å². The molecule has 6 nitrogen and oxygen atoms in total. The van der Waals surface area contributed by atoms with Gasteiger partial charge in [0.05, 0.1) is 10.5 Å². The Labute approximate surface area is 175 Å². The summed E-state index contributed by atoms with van der Waals surface area (Å²) in [6, 6.07) is 6.14. The number of likely N-dealkylation sites (tertiary alicyclic amines) is 1. The zero-order valence-electron chi connectivity index (χ0n) is 15.9. The van der Waals surface area contributed by atoms with Crippen LogP contribution in [0.5, 0.6) is 0 Å². The summed E-state index contributed by atoms with van der Waals surface area (Å²) in [5.74, 6) is -1.88. The highest BCUT2D eigenvalue weighted by molar-refractivity contribution is 8.18. The Morgan fingerprint density at radius 2 is 1.87 bits per heavy atom. The lowest BCUT2D eigenvalue weighted by molar-refractivity contribution is -0.136. The van der Waals surface area contributed by atoms with Gasteiger partial charge in [0.15, 0.2) is 0 Å². The minimum absolute atomic E-state index is 0.0799. The highest BCUT2D eigenvalue weighted by atomic mass is 32.2. The molecule has 0 saturated carbocycles. The molecule has 2 fully saturated rings. The molecule has 156 valence electrons. The molecule has 2 aliphatic rings. The predicted octanol–water partition coefficient (Wildman–Crippen LogP) is 4.27. The van der Waals surface area contributed by atoms with E-state index >= 15 is 0 Å². The molecule has 3 amide bonds. The standard InChI is InChI=1S/C21H18F2N2O4S/c22-13-4-6-15(16(23)10-13)17-7-5-14(29-17)11-18-20(27)25(21(28)30-18)12-19(26)24-8-2-1-3-9-24/h4-7,10-11H,1-3,8-9,12H2. The molecule has 1 aromatic heterocycles. The number of imide groups is 1. The van der Waals surface area contributed by atoms with E-state index in [0.29, 0.717) is 13.1 Å².